The maximum Gasteiger partial charge on any atom is 0.364 e. The Bertz CT molecular complexity index is 1620. The number of carboxylic acid groups (broad SMARTS) is 1. The fourth-order valence-corrected chi connectivity index (χ4v) is 8.55. The molecule has 4 aliphatic rings. The van der Waals surface area contributed by atoms with Crippen LogP contribution in [0.4, 0.5) is 0 Å². The van der Waals surface area contributed by atoms with Gasteiger partial charge in [-0.05, 0) is 12.8 Å². The normalized spacial score (nSPS) is 39.2. The molecule has 0 aliphatic carbocycles. The van der Waals surface area contributed by atoms with Gasteiger partial charge in [0.25, 0.3) is 5.79 Å². The molecule has 28 nitrogen and oxygen atoms in total. The van der Waals surface area contributed by atoms with Crippen molar-refractivity contribution < 1.29 is 128 Å². The number of carbonyl (C=O) groups is 4. The lowest BCUT2D eigenvalue weighted by atomic mass is 9.88. The van der Waals surface area contributed by atoms with Crippen molar-refractivity contribution in [2.24, 2.45) is 0 Å². The Labute approximate surface area is 395 Å². The van der Waals surface area contributed by atoms with Crippen molar-refractivity contribution in [3.05, 3.63) is 0 Å². The van der Waals surface area contributed by atoms with E-state index in [1.54, 1.807) is 0 Å². The number of methoxy groups -OCH3 is 1. The summed E-state index contributed by atoms with van der Waals surface area (Å²) in [5, 5.41) is 144. The minimum atomic E-state index is -3.15. The number of aliphatic carboxylic acids is 1. The number of amides is 2. The first kappa shape index (κ1) is 58.6. The van der Waals surface area contributed by atoms with Crippen LogP contribution in [0.2, 0.25) is 0 Å². The number of carbonyl (C=O) groups excluding carboxylic acids is 3. The number of esters is 1. The molecule has 0 aromatic carbocycles. The quantitative estimate of drug-likeness (QED) is 0.0298. The number of aliphatic hydroxyl groups is 12. The van der Waals surface area contributed by atoms with Gasteiger partial charge in [-0.1, -0.05) is 25.7 Å². The Morgan fingerprint density at radius 2 is 1.19 bits per heavy atom. The number of unbranched alkanes of at least 4 members (excludes halogenated alkanes) is 5. The molecule has 4 heterocycles. The molecule has 0 spiro atoms. The highest BCUT2D eigenvalue weighted by Gasteiger charge is 2.61. The molecule has 2 amide bonds. The number of hydrogen-bond acceptors (Lipinski definition) is 25. The molecule has 69 heavy (non-hydrogen) atoms. The van der Waals surface area contributed by atoms with Crippen LogP contribution in [0.5, 0.6) is 0 Å². The third-order valence-corrected chi connectivity index (χ3v) is 12.2. The maximum absolute atomic E-state index is 13.1. The van der Waals surface area contributed by atoms with Gasteiger partial charge in [0.15, 0.2) is 18.9 Å². The number of carboxylic acids is 1. The van der Waals surface area contributed by atoms with Gasteiger partial charge in [-0.25, -0.2) is 4.79 Å². The molecule has 0 bridgehead atoms. The predicted octanol–water partition coefficient (Wildman–Crippen LogP) is -7.33. The van der Waals surface area contributed by atoms with Gasteiger partial charge in [-0.2, -0.15) is 0 Å². The summed E-state index contributed by atoms with van der Waals surface area (Å²) in [6.45, 7) is -1.87. The van der Waals surface area contributed by atoms with Crippen LogP contribution in [-0.2, 0) is 61.8 Å². The van der Waals surface area contributed by atoms with Gasteiger partial charge in [-0.3, -0.25) is 14.4 Å². The van der Waals surface area contributed by atoms with E-state index >= 15 is 0 Å². The van der Waals surface area contributed by atoms with E-state index in [2.05, 4.69) is 15.4 Å². The minimum Gasteiger partial charge on any atom is -0.477 e. The van der Waals surface area contributed by atoms with Crippen molar-refractivity contribution >= 4 is 23.8 Å². The Morgan fingerprint density at radius 1 is 0.652 bits per heavy atom. The number of nitrogens with one attached hydrogen (secondary N) is 2. The number of hydrogen-bond donors (Lipinski definition) is 15. The third-order valence-electron chi connectivity index (χ3n) is 12.2. The fraction of sp³-hybridized carbons (Fsp3) is 0.902. The summed E-state index contributed by atoms with van der Waals surface area (Å²) < 4.78 is 51.9. The van der Waals surface area contributed by atoms with Gasteiger partial charge < -0.3 is 120 Å². The molecule has 0 aromatic heterocycles. The standard InChI is InChI=1S/C41H70N2O26/c1-17(48)42-25-19(50)12-41(40(59)60,68-34(25)27(53)20(51)13-44)69-36-29(55)22(15-46)64-39(32(36)58)67-35-26(43-18(2)49)37(62-11-9-7-5-4-6-8-10-24(52)61-3)65-23(16-47)33(35)66-38-31(57)30(56)28(54)21(14-45)63-38/h19-23,25-39,44-47,50-51,53-58H,4-16H2,1-3H3,(H,42,48)(H,43,49)(H,59,60)/t19-,20+,21-,22+,23+,25+,26+,27+,28-,29-,30+,31-,32+,33+,34+,35+,36-,37+,38-,39-,41-/m0/s1. The Hall–Kier alpha value is -2.92. The summed E-state index contributed by atoms with van der Waals surface area (Å²) >= 11 is 0. The van der Waals surface area contributed by atoms with Crippen LogP contribution in [-0.4, -0.2) is 259 Å². The van der Waals surface area contributed by atoms with E-state index in [1.807, 2.05) is 0 Å². The van der Waals surface area contributed by atoms with Crippen LogP contribution < -0.4 is 10.6 Å². The molecular formula is C41H70N2O26. The van der Waals surface area contributed by atoms with Crippen molar-refractivity contribution in [1.29, 1.82) is 0 Å². The smallest absolute Gasteiger partial charge is 0.364 e. The number of rotatable bonds is 25. The molecule has 0 aromatic rings. The number of aliphatic hydroxyl groups excluding tert-OH is 12. The Balaban J connectivity index is 1.70. The molecule has 0 radical (unpaired) electrons. The molecule has 400 valence electrons. The summed E-state index contributed by atoms with van der Waals surface area (Å²) in [4.78, 5) is 49.4. The predicted molar refractivity (Wildman–Crippen MR) is 222 cm³/mol. The van der Waals surface area contributed by atoms with Gasteiger partial charge >= 0.3 is 11.9 Å². The molecule has 4 aliphatic heterocycles. The first-order valence-electron chi connectivity index (χ1n) is 22.7. The third kappa shape index (κ3) is 14.8. The lowest BCUT2D eigenvalue weighted by Gasteiger charge is -2.51. The maximum atomic E-state index is 13.1. The first-order valence-corrected chi connectivity index (χ1v) is 22.7. The van der Waals surface area contributed by atoms with Crippen LogP contribution in [0.25, 0.3) is 0 Å². The number of ether oxygens (including phenoxy) is 9. The van der Waals surface area contributed by atoms with Gasteiger partial charge in [0.2, 0.25) is 11.8 Å². The zero-order chi connectivity index (χ0) is 51.3. The highest BCUT2D eigenvalue weighted by Crippen LogP contribution is 2.39. The Morgan fingerprint density at radius 3 is 1.75 bits per heavy atom. The topological polar surface area (TPSA) is 438 Å². The zero-order valence-electron chi connectivity index (χ0n) is 38.4. The second kappa shape index (κ2) is 27.2. The van der Waals surface area contributed by atoms with E-state index in [-0.39, 0.29) is 19.0 Å². The second-order valence-corrected chi connectivity index (χ2v) is 17.3. The molecule has 28 heteroatoms. The average molecular weight is 1010 g/mol. The van der Waals surface area contributed by atoms with Gasteiger partial charge in [0.05, 0.1) is 45.7 Å². The summed E-state index contributed by atoms with van der Waals surface area (Å²) in [7, 11) is 1.31. The van der Waals surface area contributed by atoms with Gasteiger partial charge in [-0.15, -0.1) is 0 Å². The van der Waals surface area contributed by atoms with E-state index in [4.69, 9.17) is 37.9 Å². The van der Waals surface area contributed by atoms with Crippen LogP contribution in [0.3, 0.4) is 0 Å². The van der Waals surface area contributed by atoms with Gasteiger partial charge in [0, 0.05) is 33.3 Å². The molecular weight excluding hydrogens is 936 g/mol. The van der Waals surface area contributed by atoms with E-state index in [9.17, 15) is 85.6 Å². The summed E-state index contributed by atoms with van der Waals surface area (Å²) in [5.74, 6) is -7.03. The second-order valence-electron chi connectivity index (χ2n) is 17.3. The van der Waals surface area contributed by atoms with Crippen LogP contribution >= 0.6 is 0 Å². The first-order chi connectivity index (χ1) is 32.7. The highest BCUT2D eigenvalue weighted by atomic mass is 16.8. The van der Waals surface area contributed by atoms with Crippen LogP contribution in [0.1, 0.15) is 65.2 Å². The lowest BCUT2D eigenvalue weighted by molar-refractivity contribution is -0.391. The van der Waals surface area contributed by atoms with E-state index in [1.165, 1.54) is 7.11 Å². The van der Waals surface area contributed by atoms with Crippen molar-refractivity contribution in [2.45, 2.75) is 194 Å². The molecule has 0 unspecified atom stereocenters. The van der Waals surface area contributed by atoms with Crippen molar-refractivity contribution in [2.75, 3.05) is 40.1 Å². The van der Waals surface area contributed by atoms with Crippen LogP contribution in [0.15, 0.2) is 0 Å². The molecule has 4 rings (SSSR count). The molecule has 4 saturated heterocycles. The SMILES string of the molecule is COC(=O)CCCCCCCCO[C@@H]1O[C@H](CO)[C@@H](O[C@@H]2O[C@@H](CO)[C@H](O)[C@@H](O)[C@@H]2O)[C@H](O[C@@H]2O[C@H](CO)[C@H](O)[C@H](O[C@]3(C(=O)O)C[C@H](O)[C@@H](NC(C)=O)[C@H]([C@H](O)[C@H](O)CO)O3)[C@H]2O)[C@H]1NC(C)=O. The molecule has 0 saturated carbocycles. The summed E-state index contributed by atoms with van der Waals surface area (Å²) in [6.07, 6.45) is -31.6. The van der Waals surface area contributed by atoms with E-state index < -0.39 is 179 Å². The summed E-state index contributed by atoms with van der Waals surface area (Å²) in [5.41, 5.74) is 0. The van der Waals surface area contributed by atoms with Crippen molar-refractivity contribution in [3.8, 4) is 0 Å². The molecule has 21 atom stereocenters. The largest absolute Gasteiger partial charge is 0.477 e. The monoisotopic (exact) mass is 1010 g/mol. The van der Waals surface area contributed by atoms with Crippen molar-refractivity contribution in [3.63, 3.8) is 0 Å². The van der Waals surface area contributed by atoms with Gasteiger partial charge in [0.1, 0.15) is 91.5 Å². The highest BCUT2D eigenvalue weighted by molar-refractivity contribution is 5.77. The lowest BCUT2D eigenvalue weighted by Crippen LogP contribution is -2.71. The van der Waals surface area contributed by atoms with E-state index in [0.717, 1.165) is 33.1 Å². The Kier molecular flexibility index (Phi) is 23.1. The van der Waals surface area contributed by atoms with Crippen LogP contribution in [0, 0.1) is 0 Å². The van der Waals surface area contributed by atoms with Crippen molar-refractivity contribution in [1.82, 2.24) is 10.6 Å². The average Bonchev–Trinajstić information content (AvgIpc) is 3.31. The zero-order valence-corrected chi connectivity index (χ0v) is 38.4. The molecule has 4 fully saturated rings. The summed E-state index contributed by atoms with van der Waals surface area (Å²) in [6, 6.07) is -3.15. The van der Waals surface area contributed by atoms with E-state index in [0.29, 0.717) is 19.3 Å². The fourth-order valence-electron chi connectivity index (χ4n) is 8.55. The molecule has 15 N–H and O–H groups in total. The minimum absolute atomic E-state index is 0.0137.